The highest BCUT2D eigenvalue weighted by Crippen LogP contribution is 2.31. The minimum atomic E-state index is -3.74. The number of sulfonamides is 1. The maximum atomic E-state index is 13.3. The Hall–Kier alpha value is -1.60. The third kappa shape index (κ3) is 3.74. The van der Waals surface area contributed by atoms with Crippen LogP contribution in [0.15, 0.2) is 23.1 Å². The summed E-state index contributed by atoms with van der Waals surface area (Å²) >= 11 is 0. The normalized spacial score (nSPS) is 22.2. The van der Waals surface area contributed by atoms with Gasteiger partial charge >= 0.3 is 0 Å². The molecule has 1 aromatic carbocycles. The lowest BCUT2D eigenvalue weighted by molar-refractivity contribution is -0.134. The molecule has 0 aliphatic carbocycles. The summed E-state index contributed by atoms with van der Waals surface area (Å²) < 4.78 is 33.2. The van der Waals surface area contributed by atoms with Crippen LogP contribution in [0.5, 0.6) is 5.75 Å². The van der Waals surface area contributed by atoms with E-state index in [9.17, 15) is 13.2 Å². The molecule has 2 aliphatic heterocycles. The van der Waals surface area contributed by atoms with Crippen molar-refractivity contribution in [3.05, 3.63) is 23.8 Å². The fourth-order valence-corrected chi connectivity index (χ4v) is 5.78. The Bertz CT molecular complexity index is 755. The van der Waals surface area contributed by atoms with Gasteiger partial charge in [0.2, 0.25) is 15.9 Å². The zero-order valence-corrected chi connectivity index (χ0v) is 16.4. The van der Waals surface area contributed by atoms with Gasteiger partial charge in [-0.3, -0.25) is 4.79 Å². The third-order valence-electron chi connectivity index (χ3n) is 5.39. The van der Waals surface area contributed by atoms with Crippen molar-refractivity contribution in [2.45, 2.75) is 56.4 Å². The van der Waals surface area contributed by atoms with Crippen LogP contribution in [0.4, 0.5) is 0 Å². The molecule has 0 saturated carbocycles. The monoisotopic (exact) mass is 380 g/mol. The summed E-state index contributed by atoms with van der Waals surface area (Å²) in [5.74, 6) is 0.470. The second kappa shape index (κ2) is 7.96. The molecule has 2 heterocycles. The number of carbonyl (C=O) groups is 1. The maximum Gasteiger partial charge on any atom is 0.244 e. The second-order valence-corrected chi connectivity index (χ2v) is 9.00. The summed E-state index contributed by atoms with van der Waals surface area (Å²) in [5.41, 5.74) is 0.665. The van der Waals surface area contributed by atoms with E-state index in [0.717, 1.165) is 38.8 Å². The van der Waals surface area contributed by atoms with Gasteiger partial charge in [0.05, 0.1) is 12.0 Å². The number of nitrogens with zero attached hydrogens (tertiary/aromatic N) is 2. The molecule has 0 aromatic heterocycles. The highest BCUT2D eigenvalue weighted by molar-refractivity contribution is 7.89. The van der Waals surface area contributed by atoms with Gasteiger partial charge in [-0.15, -0.1) is 0 Å². The first-order valence-corrected chi connectivity index (χ1v) is 10.8. The van der Waals surface area contributed by atoms with E-state index in [1.165, 1.54) is 11.4 Å². The lowest BCUT2D eigenvalue weighted by Crippen LogP contribution is -2.48. The first-order chi connectivity index (χ1) is 12.4. The van der Waals surface area contributed by atoms with Crippen molar-refractivity contribution in [3.63, 3.8) is 0 Å². The number of ether oxygens (including phenoxy) is 1. The molecule has 2 saturated heterocycles. The van der Waals surface area contributed by atoms with Crippen LogP contribution in [0.1, 0.15) is 44.1 Å². The van der Waals surface area contributed by atoms with Crippen LogP contribution in [0.2, 0.25) is 0 Å². The molecule has 0 spiro atoms. The van der Waals surface area contributed by atoms with E-state index in [4.69, 9.17) is 4.74 Å². The van der Waals surface area contributed by atoms with Gasteiger partial charge in [0.15, 0.2) is 0 Å². The van der Waals surface area contributed by atoms with E-state index in [1.54, 1.807) is 25.1 Å². The van der Waals surface area contributed by atoms with Gasteiger partial charge < -0.3 is 9.64 Å². The number of likely N-dealkylation sites (tertiary alicyclic amines) is 1. The first kappa shape index (κ1) is 19.2. The average Bonchev–Trinajstić information content (AvgIpc) is 2.98. The molecule has 3 rings (SSSR count). The van der Waals surface area contributed by atoms with Gasteiger partial charge in [0.1, 0.15) is 11.8 Å². The molecule has 26 heavy (non-hydrogen) atoms. The Balaban J connectivity index is 1.88. The number of methoxy groups -OCH3 is 1. The summed E-state index contributed by atoms with van der Waals surface area (Å²) in [6, 6.07) is 4.46. The number of benzene rings is 1. The Morgan fingerprint density at radius 2 is 1.77 bits per heavy atom. The van der Waals surface area contributed by atoms with Crippen molar-refractivity contribution < 1.29 is 17.9 Å². The van der Waals surface area contributed by atoms with Crippen molar-refractivity contribution in [2.75, 3.05) is 26.7 Å². The number of rotatable bonds is 4. The van der Waals surface area contributed by atoms with E-state index in [2.05, 4.69) is 0 Å². The molecule has 0 bridgehead atoms. The van der Waals surface area contributed by atoms with Crippen molar-refractivity contribution in [3.8, 4) is 5.75 Å². The molecule has 2 aliphatic rings. The number of aryl methyl sites for hydroxylation is 1. The molecule has 0 radical (unpaired) electrons. The SMILES string of the molecule is COc1ccc(C)c(S(=O)(=O)N2CCC[C@@H]2C(=O)N2CCCCCC2)c1. The van der Waals surface area contributed by atoms with Gasteiger partial charge in [0, 0.05) is 25.7 Å². The van der Waals surface area contributed by atoms with E-state index in [0.29, 0.717) is 30.7 Å². The maximum absolute atomic E-state index is 13.3. The lowest BCUT2D eigenvalue weighted by atomic mass is 10.2. The van der Waals surface area contributed by atoms with Gasteiger partial charge in [-0.2, -0.15) is 4.31 Å². The zero-order chi connectivity index (χ0) is 18.7. The predicted molar refractivity (Wildman–Crippen MR) is 99.7 cm³/mol. The molecule has 144 valence electrons. The average molecular weight is 381 g/mol. The first-order valence-electron chi connectivity index (χ1n) is 9.40. The largest absolute Gasteiger partial charge is 0.497 e. The van der Waals surface area contributed by atoms with Gasteiger partial charge in [-0.25, -0.2) is 8.42 Å². The van der Waals surface area contributed by atoms with E-state index in [1.807, 2.05) is 4.90 Å². The molecule has 0 N–H and O–H groups in total. The van der Waals surface area contributed by atoms with Crippen molar-refractivity contribution in [1.29, 1.82) is 0 Å². The molecule has 1 amide bonds. The van der Waals surface area contributed by atoms with E-state index < -0.39 is 16.1 Å². The number of hydrogen-bond acceptors (Lipinski definition) is 4. The van der Waals surface area contributed by atoms with E-state index in [-0.39, 0.29) is 10.8 Å². The molecular formula is C19H28N2O4S. The van der Waals surface area contributed by atoms with Gasteiger partial charge in [0.25, 0.3) is 0 Å². The van der Waals surface area contributed by atoms with Crippen molar-refractivity contribution >= 4 is 15.9 Å². The Kier molecular flexibility index (Phi) is 5.87. The highest BCUT2D eigenvalue weighted by Gasteiger charge is 2.41. The molecule has 0 unspecified atom stereocenters. The van der Waals surface area contributed by atoms with Crippen LogP contribution in [0.3, 0.4) is 0 Å². The Morgan fingerprint density at radius 1 is 1.08 bits per heavy atom. The second-order valence-electron chi connectivity index (χ2n) is 7.14. The minimum Gasteiger partial charge on any atom is -0.497 e. The molecule has 1 aromatic rings. The fourth-order valence-electron chi connectivity index (χ4n) is 3.89. The van der Waals surface area contributed by atoms with Crippen LogP contribution in [0, 0.1) is 6.92 Å². The van der Waals surface area contributed by atoms with Gasteiger partial charge in [-0.1, -0.05) is 18.9 Å². The molecular weight excluding hydrogens is 352 g/mol. The van der Waals surface area contributed by atoms with Crippen LogP contribution < -0.4 is 4.74 Å². The Morgan fingerprint density at radius 3 is 2.42 bits per heavy atom. The molecule has 7 heteroatoms. The smallest absolute Gasteiger partial charge is 0.244 e. The predicted octanol–water partition coefficient (Wildman–Crippen LogP) is 2.56. The van der Waals surface area contributed by atoms with Crippen molar-refractivity contribution in [2.24, 2.45) is 0 Å². The summed E-state index contributed by atoms with van der Waals surface area (Å²) in [6.07, 6.45) is 5.59. The van der Waals surface area contributed by atoms with Crippen LogP contribution >= 0.6 is 0 Å². The topological polar surface area (TPSA) is 66.9 Å². The minimum absolute atomic E-state index is 0.0338. The van der Waals surface area contributed by atoms with E-state index >= 15 is 0 Å². The van der Waals surface area contributed by atoms with Gasteiger partial charge in [-0.05, 0) is 44.2 Å². The Labute approximate surface area is 156 Å². The number of carbonyl (C=O) groups excluding carboxylic acids is 1. The fraction of sp³-hybridized carbons (Fsp3) is 0.632. The zero-order valence-electron chi connectivity index (χ0n) is 15.6. The quantitative estimate of drug-likeness (QED) is 0.805. The standard InChI is InChI=1S/C19H28N2O4S/c1-15-9-10-16(25-2)14-18(15)26(23,24)21-13-7-8-17(21)19(22)20-11-5-3-4-6-12-20/h9-10,14,17H,3-8,11-13H2,1-2H3/t17-/m1/s1. The summed E-state index contributed by atoms with van der Waals surface area (Å²) in [5, 5.41) is 0. The van der Waals surface area contributed by atoms with Crippen LogP contribution in [-0.2, 0) is 14.8 Å². The number of amides is 1. The highest BCUT2D eigenvalue weighted by atomic mass is 32.2. The molecule has 6 nitrogen and oxygen atoms in total. The molecule has 2 fully saturated rings. The number of hydrogen-bond donors (Lipinski definition) is 0. The summed E-state index contributed by atoms with van der Waals surface area (Å²) in [4.78, 5) is 15.1. The van der Waals surface area contributed by atoms with Crippen LogP contribution in [-0.4, -0.2) is 56.3 Å². The summed E-state index contributed by atoms with van der Waals surface area (Å²) in [6.45, 7) is 3.64. The summed E-state index contributed by atoms with van der Waals surface area (Å²) in [7, 11) is -2.22. The lowest BCUT2D eigenvalue weighted by Gasteiger charge is -2.29. The third-order valence-corrected chi connectivity index (χ3v) is 7.44. The molecule has 1 atom stereocenters. The van der Waals surface area contributed by atoms with Crippen LogP contribution in [0.25, 0.3) is 0 Å². The van der Waals surface area contributed by atoms with Crippen molar-refractivity contribution in [1.82, 2.24) is 9.21 Å².